The lowest BCUT2D eigenvalue weighted by Crippen LogP contribution is -2.63. The number of likely N-dealkylation sites (N-methyl/N-ethyl adjacent to an activating group) is 1. The van der Waals surface area contributed by atoms with E-state index in [1.165, 1.54) is 38.5 Å². The Hall–Kier alpha value is -0.0800. The van der Waals surface area contributed by atoms with Crippen molar-refractivity contribution < 1.29 is 0 Å². The fraction of sp³-hybridized carbons (Fsp3) is 1.00. The first kappa shape index (κ1) is 11.4. The Labute approximate surface area is 94.2 Å². The molecule has 1 unspecified atom stereocenters. The Balaban J connectivity index is 2.23. The van der Waals surface area contributed by atoms with Gasteiger partial charge in [-0.25, -0.2) is 0 Å². The SMILES string of the molecule is CN(C1CC1)C1(CN)CCCCC1(C)C. The van der Waals surface area contributed by atoms with E-state index in [2.05, 4.69) is 25.8 Å². The van der Waals surface area contributed by atoms with Gasteiger partial charge in [-0.2, -0.15) is 0 Å². The minimum absolute atomic E-state index is 0.270. The Bertz CT molecular complexity index is 233. The molecule has 0 aromatic carbocycles. The van der Waals surface area contributed by atoms with Gasteiger partial charge in [0, 0.05) is 18.1 Å². The molecule has 2 nitrogen and oxygen atoms in total. The van der Waals surface area contributed by atoms with Crippen LogP contribution in [0.3, 0.4) is 0 Å². The molecule has 0 amide bonds. The molecule has 0 radical (unpaired) electrons. The zero-order chi connectivity index (χ0) is 11.1. The van der Waals surface area contributed by atoms with Gasteiger partial charge in [-0.15, -0.1) is 0 Å². The van der Waals surface area contributed by atoms with Crippen molar-refractivity contribution in [3.8, 4) is 0 Å². The van der Waals surface area contributed by atoms with Gasteiger partial charge >= 0.3 is 0 Å². The minimum Gasteiger partial charge on any atom is -0.329 e. The van der Waals surface area contributed by atoms with Crippen LogP contribution < -0.4 is 5.73 Å². The predicted octanol–water partition coefficient (Wildman–Crippen LogP) is 2.38. The third-order valence-corrected chi connectivity index (χ3v) is 5.01. The molecular formula is C13H26N2. The molecule has 15 heavy (non-hydrogen) atoms. The summed E-state index contributed by atoms with van der Waals surface area (Å²) in [6.07, 6.45) is 8.14. The molecule has 2 aliphatic rings. The first-order chi connectivity index (χ1) is 7.03. The van der Waals surface area contributed by atoms with Crippen molar-refractivity contribution in [2.75, 3.05) is 13.6 Å². The highest BCUT2D eigenvalue weighted by Crippen LogP contribution is 2.49. The smallest absolute Gasteiger partial charge is 0.0382 e. The van der Waals surface area contributed by atoms with Crippen molar-refractivity contribution in [3.05, 3.63) is 0 Å². The van der Waals surface area contributed by atoms with E-state index in [1.807, 2.05) is 0 Å². The summed E-state index contributed by atoms with van der Waals surface area (Å²) in [5.41, 5.74) is 6.80. The fourth-order valence-electron chi connectivity index (χ4n) is 3.54. The number of hydrogen-bond acceptors (Lipinski definition) is 2. The van der Waals surface area contributed by atoms with Crippen LogP contribution >= 0.6 is 0 Å². The molecule has 0 heterocycles. The van der Waals surface area contributed by atoms with Gasteiger partial charge in [0.05, 0.1) is 0 Å². The lowest BCUT2D eigenvalue weighted by Gasteiger charge is -2.55. The van der Waals surface area contributed by atoms with Crippen LogP contribution in [0.2, 0.25) is 0 Å². The van der Waals surface area contributed by atoms with Gasteiger partial charge in [0.2, 0.25) is 0 Å². The molecule has 88 valence electrons. The second kappa shape index (κ2) is 3.74. The fourth-order valence-corrected chi connectivity index (χ4v) is 3.54. The Kier molecular flexibility index (Phi) is 2.85. The zero-order valence-corrected chi connectivity index (χ0v) is 10.6. The summed E-state index contributed by atoms with van der Waals surface area (Å²) >= 11 is 0. The van der Waals surface area contributed by atoms with Gasteiger partial charge in [-0.05, 0) is 38.1 Å². The highest BCUT2D eigenvalue weighted by molar-refractivity contribution is 5.07. The van der Waals surface area contributed by atoms with E-state index in [1.54, 1.807) is 0 Å². The lowest BCUT2D eigenvalue weighted by molar-refractivity contribution is -0.0335. The molecule has 0 aromatic rings. The number of rotatable bonds is 3. The molecule has 2 saturated carbocycles. The van der Waals surface area contributed by atoms with Gasteiger partial charge < -0.3 is 5.73 Å². The largest absolute Gasteiger partial charge is 0.329 e. The first-order valence-corrected chi connectivity index (χ1v) is 6.46. The maximum absolute atomic E-state index is 6.14. The van der Waals surface area contributed by atoms with E-state index < -0.39 is 0 Å². The molecule has 2 heteroatoms. The summed E-state index contributed by atoms with van der Waals surface area (Å²) in [7, 11) is 2.30. The second-order valence-electron chi connectivity index (χ2n) is 6.17. The van der Waals surface area contributed by atoms with Crippen LogP contribution in [0.15, 0.2) is 0 Å². The summed E-state index contributed by atoms with van der Waals surface area (Å²) in [5, 5.41) is 0. The summed E-state index contributed by atoms with van der Waals surface area (Å²) in [4.78, 5) is 2.62. The standard InChI is InChI=1S/C13H26N2/c1-12(2)8-4-5-9-13(12,10-14)15(3)11-6-7-11/h11H,4-10,14H2,1-3H3. The summed E-state index contributed by atoms with van der Waals surface area (Å²) < 4.78 is 0. The molecule has 0 bridgehead atoms. The number of nitrogens with zero attached hydrogens (tertiary/aromatic N) is 1. The zero-order valence-electron chi connectivity index (χ0n) is 10.6. The summed E-state index contributed by atoms with van der Waals surface area (Å²) in [5.74, 6) is 0. The molecule has 2 N–H and O–H groups in total. The van der Waals surface area contributed by atoms with E-state index in [0.717, 1.165) is 12.6 Å². The second-order valence-corrected chi connectivity index (χ2v) is 6.17. The number of nitrogens with two attached hydrogens (primary N) is 1. The van der Waals surface area contributed by atoms with Crippen molar-refractivity contribution >= 4 is 0 Å². The van der Waals surface area contributed by atoms with Crippen LogP contribution in [-0.2, 0) is 0 Å². The molecule has 2 fully saturated rings. The molecule has 2 aliphatic carbocycles. The third-order valence-electron chi connectivity index (χ3n) is 5.01. The van der Waals surface area contributed by atoms with E-state index in [-0.39, 0.29) is 5.54 Å². The van der Waals surface area contributed by atoms with E-state index in [0.29, 0.717) is 5.41 Å². The van der Waals surface area contributed by atoms with Crippen LogP contribution in [0.25, 0.3) is 0 Å². The van der Waals surface area contributed by atoms with Crippen LogP contribution in [0.1, 0.15) is 52.4 Å². The molecular weight excluding hydrogens is 184 g/mol. The molecule has 0 aromatic heterocycles. The monoisotopic (exact) mass is 210 g/mol. The molecule has 0 spiro atoms. The Morgan fingerprint density at radius 3 is 2.27 bits per heavy atom. The van der Waals surface area contributed by atoms with Crippen LogP contribution in [0, 0.1) is 5.41 Å². The maximum Gasteiger partial charge on any atom is 0.0382 e. The Morgan fingerprint density at radius 1 is 1.20 bits per heavy atom. The highest BCUT2D eigenvalue weighted by atomic mass is 15.2. The van der Waals surface area contributed by atoms with Crippen molar-refractivity contribution in [3.63, 3.8) is 0 Å². The first-order valence-electron chi connectivity index (χ1n) is 6.46. The van der Waals surface area contributed by atoms with E-state index in [4.69, 9.17) is 5.73 Å². The van der Waals surface area contributed by atoms with Gasteiger partial charge in [-0.3, -0.25) is 4.90 Å². The average Bonchev–Trinajstić information content (AvgIpc) is 3.00. The molecule has 2 rings (SSSR count). The van der Waals surface area contributed by atoms with E-state index in [9.17, 15) is 0 Å². The molecule has 1 atom stereocenters. The molecule has 0 saturated heterocycles. The maximum atomic E-state index is 6.14. The topological polar surface area (TPSA) is 29.3 Å². The minimum atomic E-state index is 0.270. The quantitative estimate of drug-likeness (QED) is 0.775. The van der Waals surface area contributed by atoms with Crippen LogP contribution in [0.5, 0.6) is 0 Å². The van der Waals surface area contributed by atoms with Gasteiger partial charge in [0.1, 0.15) is 0 Å². The van der Waals surface area contributed by atoms with Crippen molar-refractivity contribution in [1.29, 1.82) is 0 Å². The van der Waals surface area contributed by atoms with Crippen molar-refractivity contribution in [1.82, 2.24) is 4.90 Å². The van der Waals surface area contributed by atoms with Crippen molar-refractivity contribution in [2.24, 2.45) is 11.1 Å². The average molecular weight is 210 g/mol. The molecule has 0 aliphatic heterocycles. The predicted molar refractivity (Wildman–Crippen MR) is 64.8 cm³/mol. The third kappa shape index (κ3) is 1.72. The lowest BCUT2D eigenvalue weighted by atomic mass is 9.62. The Morgan fingerprint density at radius 2 is 1.80 bits per heavy atom. The van der Waals surface area contributed by atoms with Gasteiger partial charge in [0.25, 0.3) is 0 Å². The van der Waals surface area contributed by atoms with Crippen LogP contribution in [0.4, 0.5) is 0 Å². The van der Waals surface area contributed by atoms with E-state index >= 15 is 0 Å². The summed E-state index contributed by atoms with van der Waals surface area (Å²) in [6, 6.07) is 0.825. The number of hydrogen-bond donors (Lipinski definition) is 1. The van der Waals surface area contributed by atoms with Gasteiger partial charge in [-0.1, -0.05) is 26.7 Å². The van der Waals surface area contributed by atoms with Gasteiger partial charge in [0.15, 0.2) is 0 Å². The normalized spacial score (nSPS) is 35.8. The highest BCUT2D eigenvalue weighted by Gasteiger charge is 2.51. The summed E-state index contributed by atoms with van der Waals surface area (Å²) in [6.45, 7) is 5.66. The van der Waals surface area contributed by atoms with Crippen LogP contribution in [-0.4, -0.2) is 30.1 Å². The van der Waals surface area contributed by atoms with Crippen molar-refractivity contribution in [2.45, 2.75) is 64.0 Å².